The minimum atomic E-state index is -0.0569. The lowest BCUT2D eigenvalue weighted by molar-refractivity contribution is 0.205. The number of aliphatic hydroxyl groups excluding tert-OH is 1. The maximum Gasteiger partial charge on any atom is 0.212 e. The number of hydrogen-bond donors (Lipinski definition) is 2. The summed E-state index contributed by atoms with van der Waals surface area (Å²) in [5.41, 5.74) is 6.28. The van der Waals surface area contributed by atoms with Gasteiger partial charge < -0.3 is 15.6 Å². The standard InChI is InChI=1S/C7H11N3O2.2ClH/c8-5-2-10-7(12-4-5)1-6(3-11)9-10;;/h1,5,11H,2-4,8H2;2*1H. The van der Waals surface area contributed by atoms with E-state index in [1.54, 1.807) is 10.7 Å². The third-order valence-electron chi connectivity index (χ3n) is 1.81. The van der Waals surface area contributed by atoms with Crippen molar-refractivity contribution < 1.29 is 9.84 Å². The predicted octanol–water partition coefficient (Wildman–Crippen LogP) is -0.0613. The molecule has 0 aromatic carbocycles. The molecule has 2 heterocycles. The van der Waals surface area contributed by atoms with Crippen molar-refractivity contribution in [1.29, 1.82) is 0 Å². The van der Waals surface area contributed by atoms with Crippen LogP contribution in [-0.2, 0) is 13.2 Å². The first-order valence-corrected chi connectivity index (χ1v) is 3.85. The number of halogens is 2. The zero-order valence-corrected chi connectivity index (χ0v) is 9.05. The molecule has 1 unspecified atom stereocenters. The summed E-state index contributed by atoms with van der Waals surface area (Å²) in [6.07, 6.45) is 0. The van der Waals surface area contributed by atoms with Crippen LogP contribution in [0.1, 0.15) is 5.69 Å². The number of hydrogen-bond acceptors (Lipinski definition) is 4. The van der Waals surface area contributed by atoms with E-state index < -0.39 is 0 Å². The van der Waals surface area contributed by atoms with Crippen molar-refractivity contribution >= 4 is 24.8 Å². The maximum absolute atomic E-state index is 8.79. The lowest BCUT2D eigenvalue weighted by Crippen LogP contribution is -2.37. The topological polar surface area (TPSA) is 73.3 Å². The number of aromatic nitrogens is 2. The molecule has 0 radical (unpaired) electrons. The molecule has 82 valence electrons. The van der Waals surface area contributed by atoms with Gasteiger partial charge in [0.05, 0.1) is 24.9 Å². The summed E-state index contributed by atoms with van der Waals surface area (Å²) in [4.78, 5) is 0. The summed E-state index contributed by atoms with van der Waals surface area (Å²) in [5.74, 6) is 0.695. The van der Waals surface area contributed by atoms with E-state index in [0.717, 1.165) is 0 Å². The van der Waals surface area contributed by atoms with Crippen molar-refractivity contribution in [2.24, 2.45) is 5.73 Å². The minimum Gasteiger partial charge on any atom is -0.476 e. The molecule has 1 aliphatic heterocycles. The molecule has 2 rings (SSSR count). The zero-order chi connectivity index (χ0) is 8.55. The van der Waals surface area contributed by atoms with Crippen LogP contribution in [0, 0.1) is 0 Å². The van der Waals surface area contributed by atoms with Crippen LogP contribution in [0.2, 0.25) is 0 Å². The number of nitrogens with two attached hydrogens (primary N) is 1. The zero-order valence-electron chi connectivity index (χ0n) is 7.42. The Hall–Kier alpha value is -0.490. The second kappa shape index (κ2) is 5.41. The Balaban J connectivity index is 0.000000845. The highest BCUT2D eigenvalue weighted by Gasteiger charge is 2.17. The van der Waals surface area contributed by atoms with E-state index >= 15 is 0 Å². The van der Waals surface area contributed by atoms with Crippen LogP contribution < -0.4 is 10.5 Å². The maximum atomic E-state index is 8.79. The molecule has 1 aromatic rings. The lowest BCUT2D eigenvalue weighted by Gasteiger charge is -2.20. The molecule has 0 saturated heterocycles. The Kier molecular flexibility index (Phi) is 5.22. The Morgan fingerprint density at radius 1 is 1.64 bits per heavy atom. The fourth-order valence-corrected chi connectivity index (χ4v) is 1.24. The second-order valence-electron chi connectivity index (χ2n) is 2.89. The molecule has 1 aromatic heterocycles. The van der Waals surface area contributed by atoms with Crippen LogP contribution in [0.4, 0.5) is 0 Å². The molecule has 1 aliphatic rings. The predicted molar refractivity (Wildman–Crippen MR) is 56.1 cm³/mol. The second-order valence-corrected chi connectivity index (χ2v) is 2.89. The number of nitrogens with zero attached hydrogens (tertiary/aromatic N) is 2. The third-order valence-corrected chi connectivity index (χ3v) is 1.81. The van der Waals surface area contributed by atoms with Crippen LogP contribution in [0.3, 0.4) is 0 Å². The molecule has 0 bridgehead atoms. The van der Waals surface area contributed by atoms with Gasteiger partial charge in [-0.3, -0.25) is 0 Å². The largest absolute Gasteiger partial charge is 0.476 e. The van der Waals surface area contributed by atoms with E-state index in [2.05, 4.69) is 5.10 Å². The first-order valence-electron chi connectivity index (χ1n) is 3.85. The highest BCUT2D eigenvalue weighted by molar-refractivity contribution is 5.85. The fraction of sp³-hybridized carbons (Fsp3) is 0.571. The molecule has 0 spiro atoms. The van der Waals surface area contributed by atoms with Crippen LogP contribution in [0.25, 0.3) is 0 Å². The van der Waals surface area contributed by atoms with Gasteiger partial charge in [-0.05, 0) is 0 Å². The average molecular weight is 242 g/mol. The molecular weight excluding hydrogens is 229 g/mol. The molecule has 0 fully saturated rings. The summed E-state index contributed by atoms with van der Waals surface area (Å²) in [6.45, 7) is 1.13. The van der Waals surface area contributed by atoms with Gasteiger partial charge in [0, 0.05) is 6.07 Å². The average Bonchev–Trinajstić information content (AvgIpc) is 2.46. The molecule has 3 N–H and O–H groups in total. The normalized spacial score (nSPS) is 18.6. The summed E-state index contributed by atoms with van der Waals surface area (Å²) < 4.78 is 6.96. The first-order chi connectivity index (χ1) is 5.79. The molecular formula is C7H13Cl2N3O2. The van der Waals surface area contributed by atoms with Crippen LogP contribution in [-0.4, -0.2) is 27.5 Å². The number of aliphatic hydroxyl groups is 1. The monoisotopic (exact) mass is 241 g/mol. The van der Waals surface area contributed by atoms with Gasteiger partial charge in [-0.2, -0.15) is 5.10 Å². The Morgan fingerprint density at radius 3 is 3.00 bits per heavy atom. The summed E-state index contributed by atoms with van der Waals surface area (Å²) in [7, 11) is 0. The Labute approximate surface area is 94.0 Å². The van der Waals surface area contributed by atoms with E-state index in [1.165, 1.54) is 0 Å². The van der Waals surface area contributed by atoms with Crippen molar-refractivity contribution in [3.05, 3.63) is 11.8 Å². The number of fused-ring (bicyclic) bond motifs is 1. The highest BCUT2D eigenvalue weighted by Crippen LogP contribution is 2.17. The minimum absolute atomic E-state index is 0. The molecule has 0 aliphatic carbocycles. The van der Waals surface area contributed by atoms with E-state index in [0.29, 0.717) is 24.7 Å². The quantitative estimate of drug-likeness (QED) is 0.723. The van der Waals surface area contributed by atoms with Crippen molar-refractivity contribution in [2.75, 3.05) is 6.61 Å². The highest BCUT2D eigenvalue weighted by atomic mass is 35.5. The van der Waals surface area contributed by atoms with E-state index in [9.17, 15) is 0 Å². The van der Waals surface area contributed by atoms with Crippen molar-refractivity contribution in [3.63, 3.8) is 0 Å². The Morgan fingerprint density at radius 2 is 2.36 bits per heavy atom. The SMILES string of the molecule is Cl.Cl.NC1COc2cc(CO)nn2C1. The van der Waals surface area contributed by atoms with Crippen LogP contribution in [0.5, 0.6) is 5.88 Å². The number of ether oxygens (including phenoxy) is 1. The van der Waals surface area contributed by atoms with E-state index in [4.69, 9.17) is 15.6 Å². The van der Waals surface area contributed by atoms with Gasteiger partial charge in [-0.25, -0.2) is 4.68 Å². The van der Waals surface area contributed by atoms with Gasteiger partial charge in [0.25, 0.3) is 0 Å². The van der Waals surface area contributed by atoms with Gasteiger partial charge in [0.2, 0.25) is 5.88 Å². The molecule has 0 saturated carbocycles. The molecule has 5 nitrogen and oxygen atoms in total. The van der Waals surface area contributed by atoms with Gasteiger partial charge in [-0.1, -0.05) is 0 Å². The number of rotatable bonds is 1. The summed E-state index contributed by atoms with van der Waals surface area (Å²) in [6, 6.07) is 1.73. The van der Waals surface area contributed by atoms with Crippen molar-refractivity contribution in [3.8, 4) is 5.88 Å². The first kappa shape index (κ1) is 13.5. The lowest BCUT2D eigenvalue weighted by atomic mass is 10.3. The van der Waals surface area contributed by atoms with Crippen molar-refractivity contribution in [2.45, 2.75) is 19.2 Å². The molecule has 7 heteroatoms. The summed E-state index contributed by atoms with van der Waals surface area (Å²) in [5, 5.41) is 12.9. The van der Waals surface area contributed by atoms with Crippen molar-refractivity contribution in [1.82, 2.24) is 9.78 Å². The molecule has 14 heavy (non-hydrogen) atoms. The molecule has 1 atom stereocenters. The smallest absolute Gasteiger partial charge is 0.212 e. The Bertz CT molecular complexity index is 292. The van der Waals surface area contributed by atoms with Crippen LogP contribution in [0.15, 0.2) is 6.07 Å². The molecule has 0 amide bonds. The van der Waals surface area contributed by atoms with Gasteiger partial charge >= 0.3 is 0 Å². The fourth-order valence-electron chi connectivity index (χ4n) is 1.24. The van der Waals surface area contributed by atoms with E-state index in [1.807, 2.05) is 0 Å². The van der Waals surface area contributed by atoms with Gasteiger partial charge in [0.1, 0.15) is 6.61 Å². The van der Waals surface area contributed by atoms with Gasteiger partial charge in [0.15, 0.2) is 0 Å². The van der Waals surface area contributed by atoms with Gasteiger partial charge in [-0.15, -0.1) is 24.8 Å². The summed E-state index contributed by atoms with van der Waals surface area (Å²) >= 11 is 0. The third kappa shape index (κ3) is 2.51. The van der Waals surface area contributed by atoms with E-state index in [-0.39, 0.29) is 37.5 Å². The van der Waals surface area contributed by atoms with Crippen LogP contribution >= 0.6 is 24.8 Å².